The molecule has 0 aliphatic heterocycles. The van der Waals surface area contributed by atoms with E-state index in [-0.39, 0.29) is 24.3 Å². The number of aliphatic carboxylic acids is 1. The summed E-state index contributed by atoms with van der Waals surface area (Å²) in [4.78, 5) is 44.3. The number of hydrogen-bond acceptors (Lipinski definition) is 5. The van der Waals surface area contributed by atoms with Crippen LogP contribution in [0.2, 0.25) is 0 Å². The van der Waals surface area contributed by atoms with Crippen molar-refractivity contribution >= 4 is 33.4 Å². The summed E-state index contributed by atoms with van der Waals surface area (Å²) in [5.74, 6) is -0.628. The van der Waals surface area contributed by atoms with Gasteiger partial charge in [-0.1, -0.05) is 0 Å². The fourth-order valence-corrected chi connectivity index (χ4v) is 4.30. The average molecular weight is 363 g/mol. The van der Waals surface area contributed by atoms with Gasteiger partial charge in [-0.05, 0) is 38.7 Å². The molecule has 1 amide bonds. The summed E-state index contributed by atoms with van der Waals surface area (Å²) in [6.45, 7) is 3.85. The Morgan fingerprint density at radius 1 is 1.36 bits per heavy atom. The Bertz CT molecular complexity index is 895. The van der Waals surface area contributed by atoms with Crippen LogP contribution in [-0.4, -0.2) is 32.5 Å². The minimum atomic E-state index is -0.903. The molecule has 2 heterocycles. The second-order valence-corrected chi connectivity index (χ2v) is 7.93. The van der Waals surface area contributed by atoms with E-state index in [0.717, 1.165) is 16.9 Å². The van der Waals surface area contributed by atoms with Gasteiger partial charge in [0.05, 0.1) is 17.3 Å². The van der Waals surface area contributed by atoms with Crippen LogP contribution in [0.5, 0.6) is 0 Å². The number of aryl methyl sites for hydroxylation is 3. The number of nitrogens with zero attached hydrogens (tertiary/aromatic N) is 1. The zero-order valence-electron chi connectivity index (χ0n) is 14.3. The normalized spacial score (nSPS) is 15.8. The lowest BCUT2D eigenvalue weighted by molar-refractivity contribution is -0.140. The predicted molar refractivity (Wildman–Crippen MR) is 95.0 cm³/mol. The number of nitrogens with one attached hydrogen (secondary N) is 2. The van der Waals surface area contributed by atoms with Crippen molar-refractivity contribution in [3.8, 4) is 0 Å². The fourth-order valence-electron chi connectivity index (χ4n) is 3.25. The number of H-pyrrole nitrogens is 1. The van der Waals surface area contributed by atoms with Crippen molar-refractivity contribution in [2.45, 2.75) is 57.9 Å². The number of rotatable bonds is 6. The number of amides is 1. The van der Waals surface area contributed by atoms with Crippen LogP contribution in [0.15, 0.2) is 4.79 Å². The van der Waals surface area contributed by atoms with Crippen LogP contribution in [0.3, 0.4) is 0 Å². The van der Waals surface area contributed by atoms with Gasteiger partial charge in [-0.25, -0.2) is 4.98 Å². The van der Waals surface area contributed by atoms with E-state index in [9.17, 15) is 14.4 Å². The number of carboxylic acids is 1. The third-order valence-electron chi connectivity index (χ3n) is 4.88. The molecule has 0 atom stereocenters. The molecule has 0 unspecified atom stereocenters. The summed E-state index contributed by atoms with van der Waals surface area (Å²) in [6, 6.07) is 0. The van der Waals surface area contributed by atoms with Crippen molar-refractivity contribution in [1.29, 1.82) is 0 Å². The molecular formula is C17H21N3O4S. The lowest BCUT2D eigenvalue weighted by Gasteiger charge is -2.41. The first-order valence-corrected chi connectivity index (χ1v) is 9.13. The maximum Gasteiger partial charge on any atom is 0.305 e. The molecule has 2 aromatic rings. The van der Waals surface area contributed by atoms with E-state index < -0.39 is 11.5 Å². The molecule has 2 aromatic heterocycles. The number of carbonyl (C=O) groups is 2. The molecule has 25 heavy (non-hydrogen) atoms. The summed E-state index contributed by atoms with van der Waals surface area (Å²) in [5, 5.41) is 12.5. The van der Waals surface area contributed by atoms with Crippen LogP contribution >= 0.6 is 11.3 Å². The Morgan fingerprint density at radius 2 is 2.08 bits per heavy atom. The van der Waals surface area contributed by atoms with Gasteiger partial charge in [0.25, 0.3) is 5.56 Å². The zero-order chi connectivity index (χ0) is 18.2. The molecule has 7 nitrogen and oxygen atoms in total. The van der Waals surface area contributed by atoms with E-state index in [0.29, 0.717) is 35.3 Å². The van der Waals surface area contributed by atoms with Crippen molar-refractivity contribution in [1.82, 2.24) is 15.3 Å². The first-order chi connectivity index (χ1) is 11.8. The largest absolute Gasteiger partial charge is 0.481 e. The van der Waals surface area contributed by atoms with Crippen molar-refractivity contribution in [3.63, 3.8) is 0 Å². The lowest BCUT2D eigenvalue weighted by Crippen LogP contribution is -2.54. The number of carboxylic acid groups (broad SMARTS) is 1. The Morgan fingerprint density at radius 3 is 2.68 bits per heavy atom. The predicted octanol–water partition coefficient (Wildman–Crippen LogP) is 2.05. The highest BCUT2D eigenvalue weighted by atomic mass is 32.1. The third-order valence-corrected chi connectivity index (χ3v) is 5.98. The molecular weight excluding hydrogens is 342 g/mol. The SMILES string of the molecule is Cc1sc2nc(CCC(=O)NC3(CC(=O)O)CCC3)[nH]c(=O)c2c1C. The molecule has 0 aromatic carbocycles. The van der Waals surface area contributed by atoms with E-state index in [4.69, 9.17) is 5.11 Å². The maximum atomic E-state index is 12.2. The van der Waals surface area contributed by atoms with Gasteiger partial charge in [-0.3, -0.25) is 14.4 Å². The molecule has 0 spiro atoms. The highest BCUT2D eigenvalue weighted by molar-refractivity contribution is 7.18. The van der Waals surface area contributed by atoms with E-state index in [1.54, 1.807) is 0 Å². The first-order valence-electron chi connectivity index (χ1n) is 8.31. The van der Waals surface area contributed by atoms with Gasteiger partial charge in [0.2, 0.25) is 5.91 Å². The molecule has 3 N–H and O–H groups in total. The Balaban J connectivity index is 1.67. The van der Waals surface area contributed by atoms with Crippen LogP contribution < -0.4 is 10.9 Å². The first kappa shape index (κ1) is 17.6. The Kier molecular flexibility index (Phi) is 4.64. The van der Waals surface area contributed by atoms with Gasteiger partial charge in [0, 0.05) is 17.7 Å². The van der Waals surface area contributed by atoms with E-state index in [1.807, 2.05) is 13.8 Å². The quantitative estimate of drug-likeness (QED) is 0.727. The summed E-state index contributed by atoms with van der Waals surface area (Å²) in [6.07, 6.45) is 2.75. The van der Waals surface area contributed by atoms with Gasteiger partial charge < -0.3 is 15.4 Å². The van der Waals surface area contributed by atoms with Crippen molar-refractivity contribution in [3.05, 3.63) is 26.6 Å². The Labute approximate surface area is 148 Å². The minimum Gasteiger partial charge on any atom is -0.481 e. The molecule has 0 radical (unpaired) electrons. The van der Waals surface area contributed by atoms with E-state index in [2.05, 4.69) is 15.3 Å². The molecule has 0 saturated heterocycles. The molecule has 8 heteroatoms. The van der Waals surface area contributed by atoms with Gasteiger partial charge in [0.1, 0.15) is 10.7 Å². The number of carbonyl (C=O) groups excluding carboxylic acids is 1. The molecule has 1 aliphatic carbocycles. The second-order valence-electron chi connectivity index (χ2n) is 6.73. The third kappa shape index (κ3) is 3.58. The molecule has 3 rings (SSSR count). The van der Waals surface area contributed by atoms with E-state index in [1.165, 1.54) is 11.3 Å². The fraction of sp³-hybridized carbons (Fsp3) is 0.529. The number of thiophene rings is 1. The number of aromatic nitrogens is 2. The summed E-state index contributed by atoms with van der Waals surface area (Å²) in [5.41, 5.74) is 0.164. The Hall–Kier alpha value is -2.22. The lowest BCUT2D eigenvalue weighted by atomic mass is 9.74. The van der Waals surface area contributed by atoms with Crippen LogP contribution in [0, 0.1) is 13.8 Å². The summed E-state index contributed by atoms with van der Waals surface area (Å²) < 4.78 is 0. The highest BCUT2D eigenvalue weighted by Crippen LogP contribution is 2.35. The highest BCUT2D eigenvalue weighted by Gasteiger charge is 2.40. The smallest absolute Gasteiger partial charge is 0.305 e. The number of fused-ring (bicyclic) bond motifs is 1. The molecule has 134 valence electrons. The monoisotopic (exact) mass is 363 g/mol. The molecule has 1 aliphatic rings. The van der Waals surface area contributed by atoms with Crippen molar-refractivity contribution in [2.24, 2.45) is 0 Å². The van der Waals surface area contributed by atoms with Gasteiger partial charge >= 0.3 is 5.97 Å². The van der Waals surface area contributed by atoms with Crippen molar-refractivity contribution in [2.75, 3.05) is 0 Å². The van der Waals surface area contributed by atoms with Crippen LogP contribution in [0.25, 0.3) is 10.2 Å². The van der Waals surface area contributed by atoms with Gasteiger partial charge in [-0.2, -0.15) is 0 Å². The molecule has 0 bridgehead atoms. The van der Waals surface area contributed by atoms with Crippen LogP contribution in [-0.2, 0) is 16.0 Å². The van der Waals surface area contributed by atoms with E-state index >= 15 is 0 Å². The second kappa shape index (κ2) is 6.59. The summed E-state index contributed by atoms with van der Waals surface area (Å²) in [7, 11) is 0. The number of aromatic amines is 1. The minimum absolute atomic E-state index is 0.0481. The zero-order valence-corrected chi connectivity index (χ0v) is 15.1. The number of hydrogen-bond donors (Lipinski definition) is 3. The van der Waals surface area contributed by atoms with Crippen molar-refractivity contribution < 1.29 is 14.7 Å². The average Bonchev–Trinajstić information content (AvgIpc) is 2.77. The standard InChI is InChI=1S/C17H21N3O4S/c1-9-10(2)25-16-14(9)15(24)18-11(19-16)4-5-12(21)20-17(6-3-7-17)8-13(22)23/h3-8H2,1-2H3,(H,20,21)(H,22,23)(H,18,19,24). The van der Waals surface area contributed by atoms with Crippen LogP contribution in [0.1, 0.15) is 48.4 Å². The topological polar surface area (TPSA) is 112 Å². The van der Waals surface area contributed by atoms with Gasteiger partial charge in [0.15, 0.2) is 0 Å². The van der Waals surface area contributed by atoms with Crippen LogP contribution in [0.4, 0.5) is 0 Å². The molecule has 1 fully saturated rings. The van der Waals surface area contributed by atoms with Gasteiger partial charge in [-0.15, -0.1) is 11.3 Å². The molecule has 1 saturated carbocycles. The summed E-state index contributed by atoms with van der Waals surface area (Å²) >= 11 is 1.47. The maximum absolute atomic E-state index is 12.2.